The quantitative estimate of drug-likeness (QED) is 0.561. The summed E-state index contributed by atoms with van der Waals surface area (Å²) in [4.78, 5) is 0. The molecule has 0 aromatic heterocycles. The molecule has 1 heteroatoms. The maximum absolute atomic E-state index is 5.08. The molecule has 0 aromatic carbocycles. The van der Waals surface area contributed by atoms with Crippen molar-refractivity contribution in [3.05, 3.63) is 11.8 Å². The molecule has 0 saturated heterocycles. The molecule has 0 radical (unpaired) electrons. The molecule has 0 heterocycles. The number of allylic oxidation sites excluding steroid dienone is 1. The van der Waals surface area contributed by atoms with Crippen molar-refractivity contribution in [2.75, 3.05) is 7.11 Å². The van der Waals surface area contributed by atoms with Gasteiger partial charge in [-0.25, -0.2) is 0 Å². The average molecular weight is 182 g/mol. The zero-order valence-electron chi connectivity index (χ0n) is 9.39. The van der Waals surface area contributed by atoms with E-state index in [0.717, 1.165) is 5.92 Å². The van der Waals surface area contributed by atoms with Gasteiger partial charge >= 0.3 is 0 Å². The Morgan fingerprint density at radius 3 is 2.62 bits per heavy atom. The fraction of sp³-hybridized carbons (Fsp3) is 0.833. The first-order valence-electron chi connectivity index (χ1n) is 5.24. The molecule has 13 heavy (non-hydrogen) atoms. The van der Waals surface area contributed by atoms with Gasteiger partial charge < -0.3 is 4.74 Å². The lowest BCUT2D eigenvalue weighted by Gasteiger charge is -2.34. The summed E-state index contributed by atoms with van der Waals surface area (Å²) in [5.74, 6) is 0.836. The molecule has 1 aliphatic rings. The summed E-state index contributed by atoms with van der Waals surface area (Å²) >= 11 is 0. The first-order chi connectivity index (χ1) is 6.04. The van der Waals surface area contributed by atoms with Gasteiger partial charge in [-0.2, -0.15) is 0 Å². The van der Waals surface area contributed by atoms with Crippen LogP contribution < -0.4 is 0 Å². The Labute approximate surface area is 82.2 Å². The molecule has 0 spiro atoms. The van der Waals surface area contributed by atoms with Gasteiger partial charge in [0.25, 0.3) is 0 Å². The third-order valence-corrected chi connectivity index (χ3v) is 3.07. The highest BCUT2D eigenvalue weighted by atomic mass is 16.5. The Morgan fingerprint density at radius 1 is 1.38 bits per heavy atom. The minimum Gasteiger partial charge on any atom is -0.504 e. The molecule has 1 saturated carbocycles. The summed E-state index contributed by atoms with van der Waals surface area (Å²) in [5, 5.41) is 0. The van der Waals surface area contributed by atoms with E-state index in [-0.39, 0.29) is 0 Å². The molecule has 1 fully saturated rings. The standard InChI is InChI=1S/C12H22O/c1-12(2,3)11-7-5-6-10(8-11)9-13-4/h9,11H,5-8H2,1-4H3. The van der Waals surface area contributed by atoms with Gasteiger partial charge in [0.05, 0.1) is 13.4 Å². The minimum absolute atomic E-state index is 0.452. The maximum Gasteiger partial charge on any atom is 0.0816 e. The molecule has 0 aromatic rings. The average Bonchev–Trinajstić information content (AvgIpc) is 2.04. The Kier molecular flexibility index (Phi) is 3.40. The normalized spacial score (nSPS) is 27.7. The highest BCUT2D eigenvalue weighted by molar-refractivity contribution is 5.04. The molecule has 1 rings (SSSR count). The zero-order chi connectivity index (χ0) is 9.90. The highest BCUT2D eigenvalue weighted by Gasteiger charge is 2.27. The number of ether oxygens (including phenoxy) is 1. The van der Waals surface area contributed by atoms with E-state index in [9.17, 15) is 0 Å². The molecule has 1 aliphatic carbocycles. The van der Waals surface area contributed by atoms with Crippen molar-refractivity contribution in [1.82, 2.24) is 0 Å². The summed E-state index contributed by atoms with van der Waals surface area (Å²) in [7, 11) is 1.74. The molecule has 0 N–H and O–H groups in total. The maximum atomic E-state index is 5.08. The third kappa shape index (κ3) is 3.06. The lowest BCUT2D eigenvalue weighted by Crippen LogP contribution is -2.23. The van der Waals surface area contributed by atoms with Crippen molar-refractivity contribution in [1.29, 1.82) is 0 Å². The van der Waals surface area contributed by atoms with Crippen molar-refractivity contribution >= 4 is 0 Å². The van der Waals surface area contributed by atoms with E-state index in [2.05, 4.69) is 20.8 Å². The molecular weight excluding hydrogens is 160 g/mol. The Hall–Kier alpha value is -0.460. The van der Waals surface area contributed by atoms with Crippen molar-refractivity contribution in [3.8, 4) is 0 Å². The van der Waals surface area contributed by atoms with Crippen LogP contribution in [0.5, 0.6) is 0 Å². The van der Waals surface area contributed by atoms with E-state index in [0.29, 0.717) is 5.41 Å². The first-order valence-corrected chi connectivity index (χ1v) is 5.24. The Bertz CT molecular complexity index is 186. The van der Waals surface area contributed by atoms with Crippen molar-refractivity contribution < 1.29 is 4.74 Å². The van der Waals surface area contributed by atoms with Crippen LogP contribution in [-0.4, -0.2) is 7.11 Å². The van der Waals surface area contributed by atoms with Crippen LogP contribution in [0.2, 0.25) is 0 Å². The van der Waals surface area contributed by atoms with E-state index >= 15 is 0 Å². The van der Waals surface area contributed by atoms with Crippen LogP contribution in [0, 0.1) is 11.3 Å². The van der Waals surface area contributed by atoms with Gasteiger partial charge in [-0.05, 0) is 42.6 Å². The van der Waals surface area contributed by atoms with Gasteiger partial charge in [0.15, 0.2) is 0 Å². The molecule has 0 bridgehead atoms. The van der Waals surface area contributed by atoms with E-state index in [1.807, 2.05) is 6.26 Å². The minimum atomic E-state index is 0.452. The largest absolute Gasteiger partial charge is 0.504 e. The van der Waals surface area contributed by atoms with Gasteiger partial charge in [0, 0.05) is 0 Å². The monoisotopic (exact) mass is 182 g/mol. The first kappa shape index (κ1) is 10.6. The lowest BCUT2D eigenvalue weighted by atomic mass is 9.71. The third-order valence-electron chi connectivity index (χ3n) is 3.07. The molecule has 0 amide bonds. The van der Waals surface area contributed by atoms with E-state index in [4.69, 9.17) is 4.74 Å². The van der Waals surface area contributed by atoms with Crippen molar-refractivity contribution in [3.63, 3.8) is 0 Å². The fourth-order valence-electron chi connectivity index (χ4n) is 2.11. The van der Waals surface area contributed by atoms with Gasteiger partial charge in [-0.3, -0.25) is 0 Å². The molecule has 1 unspecified atom stereocenters. The smallest absolute Gasteiger partial charge is 0.0816 e. The van der Waals surface area contributed by atoms with Crippen LogP contribution in [0.4, 0.5) is 0 Å². The van der Waals surface area contributed by atoms with Gasteiger partial charge in [0.2, 0.25) is 0 Å². The van der Waals surface area contributed by atoms with Gasteiger partial charge in [-0.15, -0.1) is 0 Å². The summed E-state index contributed by atoms with van der Waals surface area (Å²) in [6, 6.07) is 0. The van der Waals surface area contributed by atoms with Crippen LogP contribution >= 0.6 is 0 Å². The Balaban J connectivity index is 2.57. The lowest BCUT2D eigenvalue weighted by molar-refractivity contribution is 0.199. The molecule has 1 atom stereocenters. The highest BCUT2D eigenvalue weighted by Crippen LogP contribution is 2.39. The number of rotatable bonds is 1. The van der Waals surface area contributed by atoms with E-state index in [1.54, 1.807) is 7.11 Å². The summed E-state index contributed by atoms with van der Waals surface area (Å²) in [6.45, 7) is 7.02. The second-order valence-electron chi connectivity index (χ2n) is 5.17. The predicted octanol–water partition coefficient (Wildman–Crippen LogP) is 3.75. The van der Waals surface area contributed by atoms with Crippen molar-refractivity contribution in [2.24, 2.45) is 11.3 Å². The topological polar surface area (TPSA) is 9.23 Å². The molecule has 0 aliphatic heterocycles. The second-order valence-corrected chi connectivity index (χ2v) is 5.17. The number of hydrogen-bond donors (Lipinski definition) is 0. The molecular formula is C12H22O. The van der Waals surface area contributed by atoms with Crippen LogP contribution in [0.15, 0.2) is 11.8 Å². The Morgan fingerprint density at radius 2 is 2.08 bits per heavy atom. The van der Waals surface area contributed by atoms with Crippen molar-refractivity contribution in [2.45, 2.75) is 46.5 Å². The summed E-state index contributed by atoms with van der Waals surface area (Å²) < 4.78 is 5.08. The molecule has 76 valence electrons. The van der Waals surface area contributed by atoms with Crippen LogP contribution in [-0.2, 0) is 4.74 Å². The predicted molar refractivity (Wildman–Crippen MR) is 56.5 cm³/mol. The summed E-state index contributed by atoms with van der Waals surface area (Å²) in [6.07, 6.45) is 7.12. The number of methoxy groups -OCH3 is 1. The fourth-order valence-corrected chi connectivity index (χ4v) is 2.11. The van der Waals surface area contributed by atoms with Gasteiger partial charge in [-0.1, -0.05) is 20.8 Å². The number of hydrogen-bond acceptors (Lipinski definition) is 1. The zero-order valence-corrected chi connectivity index (χ0v) is 9.39. The SMILES string of the molecule is COC=C1CCCC(C(C)(C)C)C1. The van der Waals surface area contributed by atoms with Gasteiger partial charge in [0.1, 0.15) is 0 Å². The second kappa shape index (κ2) is 4.17. The van der Waals surface area contributed by atoms with E-state index < -0.39 is 0 Å². The molecule has 1 nitrogen and oxygen atoms in total. The van der Waals surface area contributed by atoms with Crippen LogP contribution in [0.1, 0.15) is 46.5 Å². The van der Waals surface area contributed by atoms with Crippen LogP contribution in [0.25, 0.3) is 0 Å². The van der Waals surface area contributed by atoms with Crippen LogP contribution in [0.3, 0.4) is 0 Å². The summed E-state index contributed by atoms with van der Waals surface area (Å²) in [5.41, 5.74) is 1.95. The van der Waals surface area contributed by atoms with E-state index in [1.165, 1.54) is 31.3 Å².